The van der Waals surface area contributed by atoms with Crippen LogP contribution in [-0.4, -0.2) is 29.4 Å². The van der Waals surface area contributed by atoms with Gasteiger partial charge in [-0.3, -0.25) is 9.59 Å². The molecule has 0 aliphatic heterocycles. The Kier molecular flexibility index (Phi) is 7.73. The van der Waals surface area contributed by atoms with E-state index in [0.29, 0.717) is 18.0 Å². The molecular weight excluding hydrogens is 360 g/mol. The highest BCUT2D eigenvalue weighted by Crippen LogP contribution is 2.24. The second-order valence-corrected chi connectivity index (χ2v) is 7.57. The number of nitrogens with one attached hydrogen (secondary N) is 2. The monoisotopic (exact) mass is 386 g/mol. The van der Waals surface area contributed by atoms with Gasteiger partial charge in [-0.1, -0.05) is 24.3 Å². The highest BCUT2D eigenvalue weighted by atomic mass is 32.2. The normalized spacial score (nSPS) is 11.6. The molecule has 0 aliphatic carbocycles. The van der Waals surface area contributed by atoms with Gasteiger partial charge in [0.25, 0.3) is 0 Å². The van der Waals surface area contributed by atoms with Crippen LogP contribution in [0.5, 0.6) is 5.75 Å². The fourth-order valence-corrected chi connectivity index (χ4v) is 3.10. The van der Waals surface area contributed by atoms with E-state index in [1.54, 1.807) is 13.0 Å². The van der Waals surface area contributed by atoms with Crippen LogP contribution in [0.1, 0.15) is 25.0 Å². The van der Waals surface area contributed by atoms with Gasteiger partial charge in [0.05, 0.1) is 23.3 Å². The number of aryl methyl sites for hydroxylation is 2. The number of carbonyl (C=O) groups excluding carboxylic acids is 2. The third-order valence-electron chi connectivity index (χ3n) is 3.95. The lowest BCUT2D eigenvalue weighted by atomic mass is 10.1. The summed E-state index contributed by atoms with van der Waals surface area (Å²) in [6.45, 7) is 8.16. The zero-order chi connectivity index (χ0) is 19.8. The number of rotatable bonds is 8. The topological polar surface area (TPSA) is 67.4 Å². The fraction of sp³-hybridized carbons (Fsp3) is 0.333. The quantitative estimate of drug-likeness (QED) is 0.706. The molecule has 2 N–H and O–H groups in total. The summed E-state index contributed by atoms with van der Waals surface area (Å²) in [7, 11) is 0. The molecule has 0 heterocycles. The number of thioether (sulfide) groups is 1. The summed E-state index contributed by atoms with van der Waals surface area (Å²) in [5, 5.41) is 5.43. The lowest BCUT2D eigenvalue weighted by Crippen LogP contribution is -2.25. The van der Waals surface area contributed by atoms with Crippen molar-refractivity contribution in [1.82, 2.24) is 0 Å². The van der Waals surface area contributed by atoms with Crippen molar-refractivity contribution in [3.8, 4) is 5.75 Å². The number of benzene rings is 2. The maximum absolute atomic E-state index is 12.4. The van der Waals surface area contributed by atoms with Crippen molar-refractivity contribution in [3.05, 3.63) is 53.6 Å². The predicted octanol–water partition coefficient (Wildman–Crippen LogP) is 4.40. The first-order chi connectivity index (χ1) is 12.9. The van der Waals surface area contributed by atoms with Gasteiger partial charge >= 0.3 is 0 Å². The molecule has 0 spiro atoms. The highest BCUT2D eigenvalue weighted by Gasteiger charge is 2.17. The van der Waals surface area contributed by atoms with Gasteiger partial charge in [0.1, 0.15) is 5.75 Å². The third kappa shape index (κ3) is 6.32. The smallest absolute Gasteiger partial charge is 0.237 e. The molecule has 2 rings (SSSR count). The van der Waals surface area contributed by atoms with Crippen LogP contribution in [0.4, 0.5) is 11.4 Å². The zero-order valence-corrected chi connectivity index (χ0v) is 17.0. The number of carbonyl (C=O) groups is 2. The molecule has 0 saturated heterocycles. The van der Waals surface area contributed by atoms with Crippen LogP contribution in [0.2, 0.25) is 0 Å². The van der Waals surface area contributed by atoms with Crippen LogP contribution in [-0.2, 0) is 9.59 Å². The van der Waals surface area contributed by atoms with Crippen LogP contribution in [0.15, 0.2) is 42.5 Å². The van der Waals surface area contributed by atoms with Gasteiger partial charge < -0.3 is 15.4 Å². The molecule has 5 nitrogen and oxygen atoms in total. The summed E-state index contributed by atoms with van der Waals surface area (Å²) in [6, 6.07) is 13.2. The predicted molar refractivity (Wildman–Crippen MR) is 113 cm³/mol. The van der Waals surface area contributed by atoms with Crippen LogP contribution in [0, 0.1) is 13.8 Å². The summed E-state index contributed by atoms with van der Waals surface area (Å²) in [5.74, 6) is 0.538. The van der Waals surface area contributed by atoms with E-state index in [2.05, 4.69) is 10.6 Å². The number of para-hydroxylation sites is 2. The van der Waals surface area contributed by atoms with E-state index in [0.717, 1.165) is 16.8 Å². The van der Waals surface area contributed by atoms with E-state index < -0.39 is 0 Å². The molecule has 0 aromatic heterocycles. The van der Waals surface area contributed by atoms with Crippen molar-refractivity contribution in [2.45, 2.75) is 32.9 Å². The number of hydrogen-bond acceptors (Lipinski definition) is 4. The largest absolute Gasteiger partial charge is 0.492 e. The Labute approximate surface area is 164 Å². The minimum atomic E-state index is -0.349. The molecule has 0 bridgehead atoms. The standard InChI is InChI=1S/C21H26N2O3S/c1-5-26-19-9-7-6-8-17(19)22-20(24)13-27-16(4)21(25)23-18-12-14(2)10-11-15(18)3/h6-12,16H,5,13H2,1-4H3,(H,22,24)(H,23,25)/t16-/m0/s1. The Morgan fingerprint density at radius 2 is 1.81 bits per heavy atom. The molecule has 2 aromatic rings. The third-order valence-corrected chi connectivity index (χ3v) is 5.09. The fourth-order valence-electron chi connectivity index (χ4n) is 2.42. The van der Waals surface area contributed by atoms with Crippen LogP contribution in [0.25, 0.3) is 0 Å². The van der Waals surface area contributed by atoms with Gasteiger partial charge in [-0.2, -0.15) is 0 Å². The minimum Gasteiger partial charge on any atom is -0.492 e. The van der Waals surface area contributed by atoms with Crippen molar-refractivity contribution in [2.24, 2.45) is 0 Å². The first-order valence-electron chi connectivity index (χ1n) is 8.92. The van der Waals surface area contributed by atoms with E-state index >= 15 is 0 Å². The lowest BCUT2D eigenvalue weighted by Gasteiger charge is -2.15. The van der Waals surface area contributed by atoms with E-state index in [1.807, 2.05) is 57.2 Å². The molecule has 0 aliphatic rings. The van der Waals surface area contributed by atoms with Crippen LogP contribution >= 0.6 is 11.8 Å². The van der Waals surface area contributed by atoms with E-state index in [1.165, 1.54) is 11.8 Å². The van der Waals surface area contributed by atoms with Crippen molar-refractivity contribution in [3.63, 3.8) is 0 Å². The first-order valence-corrected chi connectivity index (χ1v) is 9.97. The summed E-state index contributed by atoms with van der Waals surface area (Å²) in [6.07, 6.45) is 0. The van der Waals surface area contributed by atoms with Gasteiger partial charge in [0, 0.05) is 5.69 Å². The molecule has 0 fully saturated rings. The summed E-state index contributed by atoms with van der Waals surface area (Å²) in [5.41, 5.74) is 3.54. The maximum atomic E-state index is 12.4. The van der Waals surface area contributed by atoms with Crippen molar-refractivity contribution in [2.75, 3.05) is 23.0 Å². The Morgan fingerprint density at radius 1 is 1.07 bits per heavy atom. The number of anilines is 2. The highest BCUT2D eigenvalue weighted by molar-refractivity contribution is 8.01. The second-order valence-electron chi connectivity index (χ2n) is 6.24. The van der Waals surface area contributed by atoms with E-state index in [9.17, 15) is 9.59 Å². The summed E-state index contributed by atoms with van der Waals surface area (Å²) in [4.78, 5) is 24.6. The Morgan fingerprint density at radius 3 is 2.56 bits per heavy atom. The number of hydrogen-bond donors (Lipinski definition) is 2. The molecular formula is C21H26N2O3S. The molecule has 27 heavy (non-hydrogen) atoms. The summed E-state index contributed by atoms with van der Waals surface area (Å²) < 4.78 is 5.50. The lowest BCUT2D eigenvalue weighted by molar-refractivity contribution is -0.115. The van der Waals surface area contributed by atoms with E-state index in [4.69, 9.17) is 4.74 Å². The Bertz CT molecular complexity index is 808. The molecule has 6 heteroatoms. The van der Waals surface area contributed by atoms with Gasteiger partial charge in [-0.25, -0.2) is 0 Å². The van der Waals surface area contributed by atoms with Crippen molar-refractivity contribution < 1.29 is 14.3 Å². The summed E-state index contributed by atoms with van der Waals surface area (Å²) >= 11 is 1.30. The van der Waals surface area contributed by atoms with Crippen molar-refractivity contribution >= 4 is 35.0 Å². The Hall–Kier alpha value is -2.47. The molecule has 2 amide bonds. The van der Waals surface area contributed by atoms with E-state index in [-0.39, 0.29) is 22.8 Å². The average Bonchev–Trinajstić information content (AvgIpc) is 2.64. The minimum absolute atomic E-state index is 0.115. The van der Waals surface area contributed by atoms with Crippen molar-refractivity contribution in [1.29, 1.82) is 0 Å². The Balaban J connectivity index is 1.87. The first kappa shape index (κ1) is 20.8. The molecule has 0 saturated carbocycles. The molecule has 1 atom stereocenters. The second kappa shape index (κ2) is 10.0. The van der Waals surface area contributed by atoms with Gasteiger partial charge in [0.2, 0.25) is 11.8 Å². The van der Waals surface area contributed by atoms with Gasteiger partial charge in [-0.15, -0.1) is 11.8 Å². The van der Waals surface area contributed by atoms with Gasteiger partial charge in [0.15, 0.2) is 0 Å². The SMILES string of the molecule is CCOc1ccccc1NC(=O)CS[C@@H](C)C(=O)Nc1cc(C)ccc1C. The molecule has 0 unspecified atom stereocenters. The molecule has 0 radical (unpaired) electrons. The molecule has 2 aromatic carbocycles. The number of amides is 2. The maximum Gasteiger partial charge on any atom is 0.237 e. The zero-order valence-electron chi connectivity index (χ0n) is 16.2. The average molecular weight is 387 g/mol. The van der Waals surface area contributed by atoms with Crippen LogP contribution in [0.3, 0.4) is 0 Å². The van der Waals surface area contributed by atoms with Gasteiger partial charge in [-0.05, 0) is 57.0 Å². The number of ether oxygens (including phenoxy) is 1. The molecule has 144 valence electrons. The van der Waals surface area contributed by atoms with Crippen LogP contribution < -0.4 is 15.4 Å².